The van der Waals surface area contributed by atoms with Crippen molar-refractivity contribution < 1.29 is 37.9 Å². The van der Waals surface area contributed by atoms with Crippen molar-refractivity contribution in [3.8, 4) is 0 Å². The molecule has 0 spiro atoms. The molecule has 1 saturated heterocycles. The zero-order valence-electron chi connectivity index (χ0n) is 23.6. The summed E-state index contributed by atoms with van der Waals surface area (Å²) in [5.74, 6) is -3.45. The number of hydrogen-bond donors (Lipinski definition) is 2. The third kappa shape index (κ3) is 4.73. The fourth-order valence-electron chi connectivity index (χ4n) is 6.33. The Hall–Kier alpha value is -4.33. The topological polar surface area (TPSA) is 159 Å². The van der Waals surface area contributed by atoms with E-state index in [4.69, 9.17) is 0 Å². The normalized spacial score (nSPS) is 23.0. The Bertz CT molecular complexity index is 1780. The lowest BCUT2D eigenvalue weighted by molar-refractivity contribution is -0.687. The predicted octanol–water partition coefficient (Wildman–Crippen LogP) is -0.566. The van der Waals surface area contributed by atoms with Crippen molar-refractivity contribution in [1.82, 2.24) is 13.9 Å². The molecule has 0 unspecified atom stereocenters. The van der Waals surface area contributed by atoms with Crippen molar-refractivity contribution in [2.45, 2.75) is 44.0 Å². The molecular formula is C30H31N5O7S. The molecule has 4 heterocycles. The molecule has 3 aliphatic heterocycles. The first-order valence-corrected chi connectivity index (χ1v) is 15.4. The maximum atomic E-state index is 14.0. The van der Waals surface area contributed by atoms with E-state index in [0.717, 1.165) is 14.9 Å². The van der Waals surface area contributed by atoms with Gasteiger partial charge in [0.2, 0.25) is 12.2 Å². The number of β-lactam (4-membered cyclic amide) rings is 1. The van der Waals surface area contributed by atoms with Crippen LogP contribution in [0.25, 0.3) is 0 Å². The van der Waals surface area contributed by atoms with E-state index >= 15 is 0 Å². The van der Waals surface area contributed by atoms with Crippen LogP contribution in [0.4, 0.5) is 0 Å². The van der Waals surface area contributed by atoms with Crippen LogP contribution in [0.2, 0.25) is 0 Å². The van der Waals surface area contributed by atoms with Crippen LogP contribution < -0.4 is 9.67 Å². The number of carbonyl (C=O) groups is 2. The van der Waals surface area contributed by atoms with E-state index in [1.807, 2.05) is 58.2 Å². The third-order valence-electron chi connectivity index (χ3n) is 8.40. The molecule has 0 radical (unpaired) electrons. The summed E-state index contributed by atoms with van der Waals surface area (Å²) in [7, 11) is -4.23. The molecule has 224 valence electrons. The number of carboxylic acid groups (broad SMARTS) is 1. The molecule has 2 N–H and O–H groups in total. The molecule has 1 fully saturated rings. The molecule has 12 nitrogen and oxygen atoms in total. The van der Waals surface area contributed by atoms with Crippen LogP contribution in [0.5, 0.6) is 0 Å². The van der Waals surface area contributed by atoms with E-state index in [1.54, 1.807) is 19.1 Å². The number of aliphatic hydroxyl groups is 2. The Labute approximate surface area is 248 Å². The number of nitrogens with zero attached hydrogens (tertiary/aromatic N) is 5. The van der Waals surface area contributed by atoms with E-state index in [2.05, 4.69) is 5.10 Å². The molecule has 0 saturated carbocycles. The number of fused-ring (bicyclic) bond motifs is 2. The number of rotatable bonds is 9. The van der Waals surface area contributed by atoms with Gasteiger partial charge in [-0.25, -0.2) is 9.13 Å². The minimum absolute atomic E-state index is 0.00900. The lowest BCUT2D eigenvalue weighted by Gasteiger charge is -2.47. The highest BCUT2D eigenvalue weighted by Gasteiger charge is 2.59. The molecule has 13 heteroatoms. The number of aromatic nitrogens is 2. The summed E-state index contributed by atoms with van der Waals surface area (Å²) in [6, 6.07) is 13.5. The first-order valence-electron chi connectivity index (χ1n) is 13.9. The van der Waals surface area contributed by atoms with E-state index in [9.17, 15) is 33.3 Å². The molecule has 6 rings (SSSR count). The minimum Gasteiger partial charge on any atom is -0.543 e. The van der Waals surface area contributed by atoms with Crippen LogP contribution >= 0.6 is 0 Å². The SMILES string of the molecule is C[C@@H](O)[C@H]1C(=O)N2C(C(=O)[O-])=C(CN3N=C(c4ccccc4)c4cc(C[n+]5ccn(CCO)c5)ccc4S3(=O)=O)[C@H](C)[C@H]12. The zero-order valence-corrected chi connectivity index (χ0v) is 24.4. The Morgan fingerprint density at radius 2 is 1.93 bits per heavy atom. The van der Waals surface area contributed by atoms with E-state index in [-0.39, 0.29) is 22.8 Å². The monoisotopic (exact) mass is 605 g/mol. The van der Waals surface area contributed by atoms with Crippen molar-refractivity contribution in [2.75, 3.05) is 13.2 Å². The van der Waals surface area contributed by atoms with Gasteiger partial charge < -0.3 is 25.0 Å². The second-order valence-electron chi connectivity index (χ2n) is 11.1. The second kappa shape index (κ2) is 10.7. The van der Waals surface area contributed by atoms with Crippen LogP contribution in [0, 0.1) is 11.8 Å². The number of aliphatic hydroxyl groups excluding tert-OH is 2. The second-order valence-corrected chi connectivity index (χ2v) is 12.9. The number of sulfonamides is 1. The van der Waals surface area contributed by atoms with Crippen molar-refractivity contribution in [3.63, 3.8) is 0 Å². The van der Waals surface area contributed by atoms with Gasteiger partial charge in [0.05, 0.1) is 47.8 Å². The van der Waals surface area contributed by atoms with Crippen molar-refractivity contribution in [1.29, 1.82) is 0 Å². The van der Waals surface area contributed by atoms with Crippen LogP contribution in [0.1, 0.15) is 30.5 Å². The van der Waals surface area contributed by atoms with Gasteiger partial charge in [0.15, 0.2) is 0 Å². The van der Waals surface area contributed by atoms with E-state index < -0.39 is 52.4 Å². The largest absolute Gasteiger partial charge is 0.543 e. The molecule has 1 aromatic heterocycles. The highest BCUT2D eigenvalue weighted by Crippen LogP contribution is 2.47. The lowest BCUT2D eigenvalue weighted by atomic mass is 9.78. The van der Waals surface area contributed by atoms with Crippen molar-refractivity contribution in [3.05, 3.63) is 95.2 Å². The zero-order chi connectivity index (χ0) is 30.6. The third-order valence-corrected chi connectivity index (χ3v) is 10.1. The van der Waals surface area contributed by atoms with Crippen molar-refractivity contribution in [2.24, 2.45) is 16.9 Å². The predicted molar refractivity (Wildman–Crippen MR) is 150 cm³/mol. The summed E-state index contributed by atoms with van der Waals surface area (Å²) >= 11 is 0. The number of carboxylic acids is 1. The van der Waals surface area contributed by atoms with Gasteiger partial charge in [-0.2, -0.15) is 17.9 Å². The van der Waals surface area contributed by atoms with Crippen LogP contribution in [0.15, 0.2) is 88.5 Å². The van der Waals surface area contributed by atoms with E-state index in [1.165, 1.54) is 13.0 Å². The summed E-state index contributed by atoms with van der Waals surface area (Å²) in [5.41, 5.74) is 2.15. The number of imidazole rings is 1. The summed E-state index contributed by atoms with van der Waals surface area (Å²) in [6.07, 6.45) is 4.56. The fraction of sp³-hybridized carbons (Fsp3) is 0.333. The first-order chi connectivity index (χ1) is 20.5. The Morgan fingerprint density at radius 1 is 1.19 bits per heavy atom. The molecule has 0 bridgehead atoms. The number of hydrazone groups is 1. The van der Waals surface area contributed by atoms with Gasteiger partial charge in [-0.3, -0.25) is 4.79 Å². The molecule has 2 aromatic carbocycles. The summed E-state index contributed by atoms with van der Waals surface area (Å²) in [5, 5.41) is 36.2. The highest BCUT2D eigenvalue weighted by atomic mass is 32.2. The van der Waals surface area contributed by atoms with Crippen LogP contribution in [-0.4, -0.2) is 75.4 Å². The fourth-order valence-corrected chi connectivity index (χ4v) is 7.73. The van der Waals surface area contributed by atoms with Gasteiger partial charge in [-0.05, 0) is 30.2 Å². The van der Waals surface area contributed by atoms with Gasteiger partial charge >= 0.3 is 0 Å². The quantitative estimate of drug-likeness (QED) is 0.244. The number of benzene rings is 2. The first kappa shape index (κ1) is 28.8. The summed E-state index contributed by atoms with van der Waals surface area (Å²) in [6.45, 7) is 3.71. The highest BCUT2D eigenvalue weighted by molar-refractivity contribution is 7.89. The molecule has 1 amide bonds. The van der Waals surface area contributed by atoms with Gasteiger partial charge in [-0.1, -0.05) is 43.3 Å². The Kier molecular flexibility index (Phi) is 7.19. The summed E-state index contributed by atoms with van der Waals surface area (Å²) in [4.78, 5) is 26.1. The smallest absolute Gasteiger partial charge is 0.280 e. The Morgan fingerprint density at radius 3 is 2.60 bits per heavy atom. The standard InChI is InChI=1S/C30H31N5O7S/c1-18-23(28(30(39)40)35-27(18)25(19(2)37)29(35)38)16-34-31-26(21-6-4-3-5-7-21)22-14-20(8-9-24(22)43(34,41)42)15-33-11-10-32(17-33)12-13-36/h3-11,14,17-19,25,27,36-37H,12-13,15-16H2,1-2H3/t18-,19+,25+,27+/m0/s1. The van der Waals surface area contributed by atoms with Gasteiger partial charge in [0.1, 0.15) is 31.2 Å². The summed E-state index contributed by atoms with van der Waals surface area (Å²) < 4.78 is 32.6. The molecule has 3 aliphatic rings. The van der Waals surface area contributed by atoms with Crippen LogP contribution in [-0.2, 0) is 32.7 Å². The maximum Gasteiger partial charge on any atom is 0.280 e. The minimum atomic E-state index is -4.23. The average molecular weight is 606 g/mol. The molecule has 43 heavy (non-hydrogen) atoms. The van der Waals surface area contributed by atoms with Gasteiger partial charge in [-0.15, -0.1) is 0 Å². The van der Waals surface area contributed by atoms with Crippen LogP contribution in [0.3, 0.4) is 0 Å². The van der Waals surface area contributed by atoms with E-state index in [0.29, 0.717) is 29.9 Å². The number of carbonyl (C=O) groups excluding carboxylic acids is 2. The number of aliphatic carboxylic acids is 1. The van der Waals surface area contributed by atoms with Crippen molar-refractivity contribution >= 4 is 27.6 Å². The Balaban J connectivity index is 1.41. The van der Waals surface area contributed by atoms with Gasteiger partial charge in [0.25, 0.3) is 10.0 Å². The molecular weight excluding hydrogens is 574 g/mol. The maximum absolute atomic E-state index is 14.0. The van der Waals surface area contributed by atoms with Gasteiger partial charge in [0, 0.05) is 17.0 Å². The molecule has 4 atom stereocenters. The molecule has 3 aromatic rings. The number of amides is 1. The number of hydrogen-bond acceptors (Lipinski definition) is 8. The molecule has 0 aliphatic carbocycles. The lowest BCUT2D eigenvalue weighted by Crippen LogP contribution is -2.64. The average Bonchev–Trinajstić information content (AvgIpc) is 3.50.